The third-order valence-electron chi connectivity index (χ3n) is 4.32. The van der Waals surface area contributed by atoms with E-state index >= 15 is 0 Å². The van der Waals surface area contributed by atoms with Gasteiger partial charge in [-0.15, -0.1) is 0 Å². The zero-order valence-corrected chi connectivity index (χ0v) is 13.8. The Bertz CT molecular complexity index is 459. The molecule has 2 aliphatic heterocycles. The highest BCUT2D eigenvalue weighted by Gasteiger charge is 2.66. The van der Waals surface area contributed by atoms with Crippen LogP contribution in [0.5, 0.6) is 0 Å². The van der Waals surface area contributed by atoms with Crippen LogP contribution in [0.25, 0.3) is 0 Å². The molecule has 2 aliphatic rings. The Morgan fingerprint density at radius 3 is 2.55 bits per heavy atom. The summed E-state index contributed by atoms with van der Waals surface area (Å²) in [6, 6.07) is 0. The molecule has 2 unspecified atom stereocenters. The number of carbonyl (C=O) groups is 2. The third-order valence-corrected chi connectivity index (χ3v) is 4.32. The highest BCUT2D eigenvalue weighted by atomic mass is 16.6. The molecule has 7 nitrogen and oxygen atoms in total. The van der Waals surface area contributed by atoms with Crippen molar-refractivity contribution in [3.8, 4) is 0 Å². The second-order valence-corrected chi connectivity index (χ2v) is 6.94. The molecule has 0 saturated carbocycles. The first-order chi connectivity index (χ1) is 10.2. The number of nitrogens with zero attached hydrogens (tertiary/aromatic N) is 1. The highest BCUT2D eigenvalue weighted by Crippen LogP contribution is 2.48. The molecule has 0 spiro atoms. The van der Waals surface area contributed by atoms with Crippen molar-refractivity contribution >= 4 is 11.9 Å². The average molecular weight is 315 g/mol. The zero-order chi connectivity index (χ0) is 16.7. The topological polar surface area (TPSA) is 85.3 Å². The molecular formula is C15H25NO6. The second-order valence-electron chi connectivity index (χ2n) is 6.94. The van der Waals surface area contributed by atoms with E-state index in [1.807, 2.05) is 20.8 Å². The molecule has 0 aromatic rings. The molecule has 0 bridgehead atoms. The van der Waals surface area contributed by atoms with Crippen molar-refractivity contribution in [1.82, 2.24) is 4.90 Å². The maximum absolute atomic E-state index is 12.4. The molecule has 2 rings (SSSR count). The first-order valence-electron chi connectivity index (χ1n) is 7.52. The fraction of sp³-hybridized carbons (Fsp3) is 0.867. The monoisotopic (exact) mass is 315 g/mol. The van der Waals surface area contributed by atoms with Crippen molar-refractivity contribution in [2.45, 2.75) is 52.1 Å². The van der Waals surface area contributed by atoms with E-state index in [0.29, 0.717) is 0 Å². The summed E-state index contributed by atoms with van der Waals surface area (Å²) in [5.74, 6) is -1.78. The van der Waals surface area contributed by atoms with E-state index in [1.165, 1.54) is 7.11 Å². The number of hydrogen-bond donors (Lipinski definition) is 1. The lowest BCUT2D eigenvalue weighted by Crippen LogP contribution is -2.56. The molecule has 7 heteroatoms. The van der Waals surface area contributed by atoms with Gasteiger partial charge in [0.15, 0.2) is 0 Å². The molecule has 0 aromatic heterocycles. The van der Waals surface area contributed by atoms with Gasteiger partial charge in [0.1, 0.15) is 18.0 Å². The van der Waals surface area contributed by atoms with Gasteiger partial charge in [-0.25, -0.2) is 9.69 Å². The van der Waals surface area contributed by atoms with Crippen molar-refractivity contribution in [3.05, 3.63) is 0 Å². The van der Waals surface area contributed by atoms with E-state index < -0.39 is 35.9 Å². The van der Waals surface area contributed by atoms with Gasteiger partial charge in [0.05, 0.1) is 26.2 Å². The van der Waals surface area contributed by atoms with Crippen LogP contribution in [0.4, 0.5) is 0 Å². The van der Waals surface area contributed by atoms with Crippen LogP contribution in [0.3, 0.4) is 0 Å². The summed E-state index contributed by atoms with van der Waals surface area (Å²) < 4.78 is 15.7. The molecule has 2 fully saturated rings. The van der Waals surface area contributed by atoms with Crippen molar-refractivity contribution in [2.24, 2.45) is 11.3 Å². The smallest absolute Gasteiger partial charge is 0.328 e. The largest absolute Gasteiger partial charge is 0.468 e. The summed E-state index contributed by atoms with van der Waals surface area (Å²) in [5.41, 5.74) is -1.47. The Morgan fingerprint density at radius 2 is 2.05 bits per heavy atom. The maximum atomic E-state index is 12.4. The van der Waals surface area contributed by atoms with Crippen LogP contribution in [-0.2, 0) is 23.8 Å². The van der Waals surface area contributed by atoms with Crippen LogP contribution in [0, 0.1) is 11.3 Å². The number of fused-ring (bicyclic) bond motifs is 1. The standard InChI is InChI=1S/C15H25NO6/c1-6-21-11(18)9-7-15(13(19)20-5)8-22-12(14(2,3)4)16(15)10(9)17/h9-10,12,17H,6-8H2,1-5H3/t9?,10?,12-,15+/m0/s1. The predicted molar refractivity (Wildman–Crippen MR) is 76.5 cm³/mol. The second kappa shape index (κ2) is 5.79. The zero-order valence-electron chi connectivity index (χ0n) is 13.8. The van der Waals surface area contributed by atoms with E-state index in [2.05, 4.69) is 0 Å². The van der Waals surface area contributed by atoms with Gasteiger partial charge in [-0.05, 0) is 13.3 Å². The molecule has 1 N–H and O–H groups in total. The lowest BCUT2D eigenvalue weighted by atomic mass is 9.91. The highest BCUT2D eigenvalue weighted by molar-refractivity contribution is 5.84. The van der Waals surface area contributed by atoms with Gasteiger partial charge in [0.2, 0.25) is 0 Å². The molecule has 0 radical (unpaired) electrons. The summed E-state index contributed by atoms with van der Waals surface area (Å²) in [4.78, 5) is 26.0. The average Bonchev–Trinajstić information content (AvgIpc) is 2.95. The van der Waals surface area contributed by atoms with Crippen molar-refractivity contribution in [3.63, 3.8) is 0 Å². The van der Waals surface area contributed by atoms with Crippen molar-refractivity contribution < 1.29 is 28.9 Å². The van der Waals surface area contributed by atoms with E-state index in [9.17, 15) is 14.7 Å². The summed E-state index contributed by atoms with van der Waals surface area (Å²) in [6.07, 6.45) is -1.49. The number of carbonyl (C=O) groups excluding carboxylic acids is 2. The minimum atomic E-state index is -1.14. The quantitative estimate of drug-likeness (QED) is 0.759. The van der Waals surface area contributed by atoms with Crippen LogP contribution in [0.1, 0.15) is 34.1 Å². The summed E-state index contributed by atoms with van der Waals surface area (Å²) in [5, 5.41) is 10.6. The molecule has 2 heterocycles. The summed E-state index contributed by atoms with van der Waals surface area (Å²) in [7, 11) is 1.30. The molecule has 0 amide bonds. The number of hydrogen-bond acceptors (Lipinski definition) is 7. The van der Waals surface area contributed by atoms with Gasteiger partial charge in [-0.1, -0.05) is 20.8 Å². The van der Waals surface area contributed by atoms with Crippen LogP contribution < -0.4 is 0 Å². The van der Waals surface area contributed by atoms with Gasteiger partial charge in [-0.2, -0.15) is 0 Å². The van der Waals surface area contributed by atoms with E-state index in [4.69, 9.17) is 14.2 Å². The number of methoxy groups -OCH3 is 1. The Labute approximate surface area is 130 Å². The van der Waals surface area contributed by atoms with Gasteiger partial charge in [-0.3, -0.25) is 4.79 Å². The molecule has 4 atom stereocenters. The fourth-order valence-corrected chi connectivity index (χ4v) is 3.37. The van der Waals surface area contributed by atoms with Crippen LogP contribution >= 0.6 is 0 Å². The summed E-state index contributed by atoms with van der Waals surface area (Å²) >= 11 is 0. The maximum Gasteiger partial charge on any atom is 0.328 e. The Morgan fingerprint density at radius 1 is 1.41 bits per heavy atom. The normalized spacial score (nSPS) is 35.3. The van der Waals surface area contributed by atoms with E-state index in [-0.39, 0.29) is 25.0 Å². The van der Waals surface area contributed by atoms with Crippen molar-refractivity contribution in [1.29, 1.82) is 0 Å². The predicted octanol–water partition coefficient (Wildman–Crippen LogP) is 0.504. The van der Waals surface area contributed by atoms with Gasteiger partial charge < -0.3 is 19.3 Å². The lowest BCUT2D eigenvalue weighted by Gasteiger charge is -2.38. The van der Waals surface area contributed by atoms with Crippen LogP contribution in [-0.4, -0.2) is 60.3 Å². The molecule has 126 valence electrons. The number of aliphatic hydroxyl groups is 1. The Hall–Kier alpha value is -1.18. The first kappa shape index (κ1) is 17.2. The minimum Gasteiger partial charge on any atom is -0.468 e. The first-order valence-corrected chi connectivity index (χ1v) is 7.52. The fourth-order valence-electron chi connectivity index (χ4n) is 3.37. The van der Waals surface area contributed by atoms with E-state index in [0.717, 1.165) is 0 Å². The SMILES string of the molecule is CCOC(=O)C1C[C@]2(C(=O)OC)CO[C@@H](C(C)(C)C)N2C1O. The minimum absolute atomic E-state index is 0.0918. The van der Waals surface area contributed by atoms with Crippen LogP contribution in [0.2, 0.25) is 0 Å². The Balaban J connectivity index is 2.38. The van der Waals surface area contributed by atoms with Crippen molar-refractivity contribution in [2.75, 3.05) is 20.3 Å². The van der Waals surface area contributed by atoms with Gasteiger partial charge in [0, 0.05) is 5.41 Å². The molecule has 0 aromatic carbocycles. The van der Waals surface area contributed by atoms with E-state index in [1.54, 1.807) is 11.8 Å². The molecular weight excluding hydrogens is 290 g/mol. The number of esters is 2. The molecule has 2 saturated heterocycles. The number of ether oxygens (including phenoxy) is 3. The molecule has 0 aliphatic carbocycles. The molecule has 22 heavy (non-hydrogen) atoms. The van der Waals surface area contributed by atoms with Gasteiger partial charge in [0.25, 0.3) is 0 Å². The lowest BCUT2D eigenvalue weighted by molar-refractivity contribution is -0.166. The summed E-state index contributed by atoms with van der Waals surface area (Å²) in [6.45, 7) is 7.89. The number of rotatable bonds is 3. The van der Waals surface area contributed by atoms with Crippen LogP contribution in [0.15, 0.2) is 0 Å². The number of aliphatic hydroxyl groups excluding tert-OH is 1. The third kappa shape index (κ3) is 2.51. The Kier molecular flexibility index (Phi) is 4.52. The van der Waals surface area contributed by atoms with Gasteiger partial charge >= 0.3 is 11.9 Å².